The van der Waals surface area contributed by atoms with Gasteiger partial charge in [0.1, 0.15) is 16.6 Å². The molecule has 2 heterocycles. The van der Waals surface area contributed by atoms with Crippen molar-refractivity contribution >= 4 is 11.3 Å². The van der Waals surface area contributed by atoms with Gasteiger partial charge in [0.25, 0.3) is 5.56 Å². The zero-order valence-corrected chi connectivity index (χ0v) is 13.0. The summed E-state index contributed by atoms with van der Waals surface area (Å²) in [4.78, 5) is 19.0. The van der Waals surface area contributed by atoms with E-state index < -0.39 is 0 Å². The molecule has 0 bridgehead atoms. The lowest BCUT2D eigenvalue weighted by Crippen LogP contribution is -2.11. The van der Waals surface area contributed by atoms with Gasteiger partial charge in [-0.2, -0.15) is 5.26 Å². The second-order valence-electron chi connectivity index (χ2n) is 5.02. The van der Waals surface area contributed by atoms with Crippen LogP contribution in [0.25, 0.3) is 21.8 Å². The maximum absolute atomic E-state index is 11.6. The molecule has 0 saturated carbocycles. The Hall–Kier alpha value is -2.71. The molecule has 3 aromatic rings. The second-order valence-corrected chi connectivity index (χ2v) is 5.87. The van der Waals surface area contributed by atoms with Crippen LogP contribution in [0.1, 0.15) is 16.8 Å². The molecular formula is C17H13N3OS. The molecule has 5 heteroatoms. The molecule has 0 spiro atoms. The van der Waals surface area contributed by atoms with Crippen molar-refractivity contribution in [2.24, 2.45) is 0 Å². The number of rotatable bonds is 2. The van der Waals surface area contributed by atoms with Crippen molar-refractivity contribution in [1.82, 2.24) is 9.97 Å². The molecule has 2 aromatic heterocycles. The van der Waals surface area contributed by atoms with E-state index in [2.05, 4.69) is 23.0 Å². The second kappa shape index (κ2) is 5.58. The van der Waals surface area contributed by atoms with Crippen LogP contribution in [0.2, 0.25) is 0 Å². The van der Waals surface area contributed by atoms with E-state index in [1.807, 2.05) is 36.6 Å². The van der Waals surface area contributed by atoms with Crippen LogP contribution in [-0.4, -0.2) is 9.97 Å². The Morgan fingerprint density at radius 1 is 1.23 bits per heavy atom. The molecule has 1 N–H and O–H groups in total. The van der Waals surface area contributed by atoms with Gasteiger partial charge in [-0.05, 0) is 25.5 Å². The van der Waals surface area contributed by atoms with Crippen LogP contribution in [0.4, 0.5) is 0 Å². The van der Waals surface area contributed by atoms with Gasteiger partial charge in [-0.25, -0.2) is 4.98 Å². The number of nitrogens with zero attached hydrogens (tertiary/aromatic N) is 2. The monoisotopic (exact) mass is 307 g/mol. The zero-order valence-electron chi connectivity index (χ0n) is 12.2. The molecule has 22 heavy (non-hydrogen) atoms. The van der Waals surface area contributed by atoms with Crippen molar-refractivity contribution < 1.29 is 0 Å². The van der Waals surface area contributed by atoms with Gasteiger partial charge in [0.05, 0.1) is 5.69 Å². The predicted molar refractivity (Wildman–Crippen MR) is 87.8 cm³/mol. The van der Waals surface area contributed by atoms with Crippen molar-refractivity contribution in [2.45, 2.75) is 13.8 Å². The van der Waals surface area contributed by atoms with Crippen LogP contribution in [0.15, 0.2) is 40.5 Å². The number of aromatic nitrogens is 2. The zero-order chi connectivity index (χ0) is 15.7. The molecule has 0 amide bonds. The summed E-state index contributed by atoms with van der Waals surface area (Å²) in [6, 6.07) is 11.6. The third-order valence-corrected chi connectivity index (χ3v) is 4.39. The first-order chi connectivity index (χ1) is 10.6. The number of aryl methyl sites for hydroxylation is 2. The molecule has 3 rings (SSSR count). The van der Waals surface area contributed by atoms with E-state index in [9.17, 15) is 4.79 Å². The van der Waals surface area contributed by atoms with E-state index in [0.29, 0.717) is 5.69 Å². The molecule has 0 aliphatic carbocycles. The fraction of sp³-hybridized carbons (Fsp3) is 0.118. The summed E-state index contributed by atoms with van der Waals surface area (Å²) in [5.74, 6) is 0. The molecule has 1 aromatic carbocycles. The largest absolute Gasteiger partial charge is 0.325 e. The standard InChI is InChI=1S/C17H13N3OS/c1-10-5-3-4-6-13(10)17-20-15(9-22-17)14-7-12(8-18)16(21)19-11(14)2/h3-7,9H,1-2H3,(H,19,21). The maximum atomic E-state index is 11.6. The Balaban J connectivity index is 2.11. The Kier molecular flexibility index (Phi) is 3.61. The molecule has 0 aliphatic heterocycles. The molecule has 0 atom stereocenters. The maximum Gasteiger partial charge on any atom is 0.266 e. The minimum Gasteiger partial charge on any atom is -0.325 e. The minimum atomic E-state index is -0.363. The van der Waals surface area contributed by atoms with Gasteiger partial charge in [-0.3, -0.25) is 4.79 Å². The van der Waals surface area contributed by atoms with Gasteiger partial charge in [-0.15, -0.1) is 11.3 Å². The fourth-order valence-corrected chi connectivity index (χ4v) is 3.22. The van der Waals surface area contributed by atoms with E-state index >= 15 is 0 Å². The summed E-state index contributed by atoms with van der Waals surface area (Å²) < 4.78 is 0. The van der Waals surface area contributed by atoms with Gasteiger partial charge >= 0.3 is 0 Å². The van der Waals surface area contributed by atoms with Gasteiger partial charge in [-0.1, -0.05) is 24.3 Å². The molecule has 0 saturated heterocycles. The predicted octanol–water partition coefficient (Wildman–Crippen LogP) is 3.65. The molecule has 0 unspecified atom stereocenters. The Labute approximate surface area is 131 Å². The van der Waals surface area contributed by atoms with Crippen LogP contribution in [0, 0.1) is 25.2 Å². The Morgan fingerprint density at radius 2 is 2.00 bits per heavy atom. The number of hydrogen-bond acceptors (Lipinski definition) is 4. The summed E-state index contributed by atoms with van der Waals surface area (Å²) in [6.07, 6.45) is 0. The van der Waals surface area contributed by atoms with Gasteiger partial charge < -0.3 is 4.98 Å². The highest BCUT2D eigenvalue weighted by molar-refractivity contribution is 7.13. The number of nitriles is 1. The van der Waals surface area contributed by atoms with Crippen LogP contribution < -0.4 is 5.56 Å². The fourth-order valence-electron chi connectivity index (χ4n) is 2.31. The van der Waals surface area contributed by atoms with Crippen molar-refractivity contribution in [1.29, 1.82) is 5.26 Å². The van der Waals surface area contributed by atoms with Gasteiger partial charge in [0, 0.05) is 22.2 Å². The molecule has 108 valence electrons. The first kappa shape index (κ1) is 14.2. The molecular weight excluding hydrogens is 294 g/mol. The molecule has 0 aliphatic rings. The summed E-state index contributed by atoms with van der Waals surface area (Å²) in [5.41, 5.74) is 4.27. The van der Waals surface area contributed by atoms with Crippen molar-refractivity contribution in [2.75, 3.05) is 0 Å². The number of H-pyrrole nitrogens is 1. The summed E-state index contributed by atoms with van der Waals surface area (Å²) in [5, 5.41) is 11.9. The Morgan fingerprint density at radius 3 is 2.73 bits per heavy atom. The highest BCUT2D eigenvalue weighted by atomic mass is 32.1. The number of benzene rings is 1. The number of nitrogens with one attached hydrogen (secondary N) is 1. The lowest BCUT2D eigenvalue weighted by atomic mass is 10.1. The number of pyridine rings is 1. The van der Waals surface area contributed by atoms with Crippen molar-refractivity contribution in [3.63, 3.8) is 0 Å². The summed E-state index contributed by atoms with van der Waals surface area (Å²) in [6.45, 7) is 3.86. The summed E-state index contributed by atoms with van der Waals surface area (Å²) >= 11 is 1.55. The highest BCUT2D eigenvalue weighted by Crippen LogP contribution is 2.31. The molecule has 0 fully saturated rings. The number of aromatic amines is 1. The summed E-state index contributed by atoms with van der Waals surface area (Å²) in [7, 11) is 0. The van der Waals surface area contributed by atoms with Crippen LogP contribution >= 0.6 is 11.3 Å². The SMILES string of the molecule is Cc1ccccc1-c1nc(-c2cc(C#N)c(=O)[nH]c2C)cs1. The minimum absolute atomic E-state index is 0.103. The van der Waals surface area contributed by atoms with Crippen LogP contribution in [0.3, 0.4) is 0 Å². The first-order valence-electron chi connectivity index (χ1n) is 6.76. The van der Waals surface area contributed by atoms with Gasteiger partial charge in [0.15, 0.2) is 0 Å². The van der Waals surface area contributed by atoms with E-state index in [1.54, 1.807) is 17.4 Å². The molecule has 0 radical (unpaired) electrons. The lowest BCUT2D eigenvalue weighted by Gasteiger charge is -2.03. The van der Waals surface area contributed by atoms with E-state index in [0.717, 1.165) is 21.8 Å². The first-order valence-corrected chi connectivity index (χ1v) is 7.64. The van der Waals surface area contributed by atoms with Crippen molar-refractivity contribution in [3.8, 4) is 27.9 Å². The smallest absolute Gasteiger partial charge is 0.266 e. The van der Waals surface area contributed by atoms with E-state index in [4.69, 9.17) is 5.26 Å². The lowest BCUT2D eigenvalue weighted by molar-refractivity contribution is 1.13. The normalized spacial score (nSPS) is 10.4. The molecule has 4 nitrogen and oxygen atoms in total. The third-order valence-electron chi connectivity index (χ3n) is 3.51. The van der Waals surface area contributed by atoms with Crippen LogP contribution in [0.5, 0.6) is 0 Å². The van der Waals surface area contributed by atoms with E-state index in [-0.39, 0.29) is 11.1 Å². The number of thiazole rings is 1. The quantitative estimate of drug-likeness (QED) is 0.785. The Bertz CT molecular complexity index is 947. The number of hydrogen-bond donors (Lipinski definition) is 1. The third kappa shape index (κ3) is 2.45. The van der Waals surface area contributed by atoms with Gasteiger partial charge in [0.2, 0.25) is 0 Å². The topological polar surface area (TPSA) is 69.5 Å². The highest BCUT2D eigenvalue weighted by Gasteiger charge is 2.12. The average Bonchev–Trinajstić information content (AvgIpc) is 2.97. The average molecular weight is 307 g/mol. The van der Waals surface area contributed by atoms with Crippen molar-refractivity contribution in [3.05, 3.63) is 62.9 Å². The van der Waals surface area contributed by atoms with Crippen LogP contribution in [-0.2, 0) is 0 Å². The van der Waals surface area contributed by atoms with E-state index in [1.165, 1.54) is 5.56 Å².